The quantitative estimate of drug-likeness (QED) is 0.751. The fourth-order valence-electron chi connectivity index (χ4n) is 1.19. The number of carbonyl (C=O) groups excluding carboxylic acids is 1. The summed E-state index contributed by atoms with van der Waals surface area (Å²) in [7, 11) is 0. The molecule has 0 N–H and O–H groups in total. The van der Waals surface area contributed by atoms with Crippen molar-refractivity contribution in [3.63, 3.8) is 0 Å². The van der Waals surface area contributed by atoms with Gasteiger partial charge in [-0.3, -0.25) is 0 Å². The van der Waals surface area contributed by atoms with Gasteiger partial charge < -0.3 is 4.74 Å². The molecule has 0 aliphatic rings. The standard InChI is InChI=1S/C10H12N4O2S/c1-2-4-16-9(15)6-14-12-10(11-13-14)8-3-5-17-7-8/h3,5,7H,2,4,6H2,1H3. The lowest BCUT2D eigenvalue weighted by Crippen LogP contribution is -2.16. The number of aromatic nitrogens is 4. The molecular weight excluding hydrogens is 240 g/mol. The van der Waals surface area contributed by atoms with E-state index in [9.17, 15) is 4.79 Å². The van der Waals surface area contributed by atoms with Crippen LogP contribution in [-0.2, 0) is 16.1 Å². The predicted octanol–water partition coefficient (Wildman–Crippen LogP) is 1.35. The molecule has 0 aromatic carbocycles. The van der Waals surface area contributed by atoms with Crippen LogP contribution in [0.25, 0.3) is 11.4 Å². The first-order valence-corrected chi connectivity index (χ1v) is 6.20. The Bertz CT molecular complexity index is 480. The van der Waals surface area contributed by atoms with Gasteiger partial charge in [-0.2, -0.15) is 16.1 Å². The molecule has 0 unspecified atom stereocenters. The maximum absolute atomic E-state index is 11.3. The summed E-state index contributed by atoms with van der Waals surface area (Å²) in [6, 6.07) is 1.90. The number of carbonyl (C=O) groups is 1. The summed E-state index contributed by atoms with van der Waals surface area (Å²) in [5.41, 5.74) is 0.906. The number of nitrogens with zero attached hydrogens (tertiary/aromatic N) is 4. The third-order valence-corrected chi connectivity index (χ3v) is 2.65. The van der Waals surface area contributed by atoms with Crippen LogP contribution in [0, 0.1) is 0 Å². The molecular formula is C10H12N4O2S. The molecule has 0 radical (unpaired) electrons. The second-order valence-electron chi connectivity index (χ2n) is 3.38. The first-order valence-electron chi connectivity index (χ1n) is 5.25. The minimum Gasteiger partial charge on any atom is -0.464 e. The van der Waals surface area contributed by atoms with Crippen LogP contribution in [-0.4, -0.2) is 32.8 Å². The Kier molecular flexibility index (Phi) is 3.81. The van der Waals surface area contributed by atoms with Crippen molar-refractivity contribution in [2.45, 2.75) is 19.9 Å². The van der Waals surface area contributed by atoms with E-state index >= 15 is 0 Å². The monoisotopic (exact) mass is 252 g/mol. The van der Waals surface area contributed by atoms with E-state index < -0.39 is 0 Å². The third-order valence-electron chi connectivity index (χ3n) is 1.97. The van der Waals surface area contributed by atoms with Gasteiger partial charge in [-0.1, -0.05) is 6.92 Å². The lowest BCUT2D eigenvalue weighted by atomic mass is 10.3. The third kappa shape index (κ3) is 3.10. The molecule has 0 spiro atoms. The second kappa shape index (κ2) is 5.53. The van der Waals surface area contributed by atoms with E-state index in [0.29, 0.717) is 12.4 Å². The fourth-order valence-corrected chi connectivity index (χ4v) is 1.83. The Labute approximate surface area is 102 Å². The zero-order chi connectivity index (χ0) is 12.1. The van der Waals surface area contributed by atoms with Crippen LogP contribution in [0.5, 0.6) is 0 Å². The van der Waals surface area contributed by atoms with Crippen molar-refractivity contribution >= 4 is 17.3 Å². The van der Waals surface area contributed by atoms with Gasteiger partial charge in [0.2, 0.25) is 5.82 Å². The number of rotatable bonds is 5. The van der Waals surface area contributed by atoms with Crippen LogP contribution < -0.4 is 0 Å². The second-order valence-corrected chi connectivity index (χ2v) is 4.16. The Morgan fingerprint density at radius 3 is 3.18 bits per heavy atom. The average Bonchev–Trinajstić information content (AvgIpc) is 2.95. The van der Waals surface area contributed by atoms with Gasteiger partial charge in [0.05, 0.1) is 6.61 Å². The van der Waals surface area contributed by atoms with E-state index in [1.54, 1.807) is 11.3 Å². The van der Waals surface area contributed by atoms with Gasteiger partial charge in [-0.25, -0.2) is 4.79 Å². The fraction of sp³-hybridized carbons (Fsp3) is 0.400. The zero-order valence-corrected chi connectivity index (χ0v) is 10.2. The number of ether oxygens (including phenoxy) is 1. The first kappa shape index (κ1) is 11.7. The SMILES string of the molecule is CCCOC(=O)Cn1nnc(-c2ccsc2)n1. The summed E-state index contributed by atoms with van der Waals surface area (Å²) in [6.07, 6.45) is 0.802. The van der Waals surface area contributed by atoms with Gasteiger partial charge in [0, 0.05) is 10.9 Å². The number of thiophene rings is 1. The van der Waals surface area contributed by atoms with Crippen molar-refractivity contribution in [2.24, 2.45) is 0 Å². The molecule has 2 aromatic heterocycles. The number of hydrogen-bond donors (Lipinski definition) is 0. The van der Waals surface area contributed by atoms with E-state index in [1.165, 1.54) is 4.80 Å². The molecule has 0 saturated carbocycles. The molecule has 2 aromatic rings. The summed E-state index contributed by atoms with van der Waals surface area (Å²) >= 11 is 1.56. The Hall–Kier alpha value is -1.76. The minimum absolute atomic E-state index is 0.00284. The highest BCUT2D eigenvalue weighted by Gasteiger charge is 2.09. The molecule has 0 aliphatic carbocycles. The molecule has 0 atom stereocenters. The largest absolute Gasteiger partial charge is 0.464 e. The summed E-state index contributed by atoms with van der Waals surface area (Å²) < 4.78 is 4.93. The molecule has 0 bridgehead atoms. The highest BCUT2D eigenvalue weighted by Crippen LogP contribution is 2.16. The molecule has 0 amide bonds. The van der Waals surface area contributed by atoms with Crippen molar-refractivity contribution in [3.05, 3.63) is 16.8 Å². The Balaban J connectivity index is 1.97. The predicted molar refractivity (Wildman–Crippen MR) is 62.4 cm³/mol. The van der Waals surface area contributed by atoms with Crippen molar-refractivity contribution in [2.75, 3.05) is 6.61 Å². The van der Waals surface area contributed by atoms with Gasteiger partial charge in [-0.05, 0) is 23.1 Å². The van der Waals surface area contributed by atoms with Crippen molar-refractivity contribution in [3.8, 4) is 11.4 Å². The van der Waals surface area contributed by atoms with Crippen LogP contribution in [0.3, 0.4) is 0 Å². The molecule has 2 heterocycles. The summed E-state index contributed by atoms with van der Waals surface area (Å²) in [6.45, 7) is 2.36. The van der Waals surface area contributed by atoms with Crippen LogP contribution in [0.1, 0.15) is 13.3 Å². The summed E-state index contributed by atoms with van der Waals surface area (Å²) in [5, 5.41) is 15.6. The molecule has 0 fully saturated rings. The molecule has 0 saturated heterocycles. The van der Waals surface area contributed by atoms with Gasteiger partial charge in [0.25, 0.3) is 0 Å². The maximum Gasteiger partial charge on any atom is 0.329 e. The molecule has 0 aliphatic heterocycles. The van der Waals surface area contributed by atoms with E-state index in [2.05, 4.69) is 15.4 Å². The van der Waals surface area contributed by atoms with Crippen molar-refractivity contribution < 1.29 is 9.53 Å². The Morgan fingerprint density at radius 2 is 2.47 bits per heavy atom. The maximum atomic E-state index is 11.3. The lowest BCUT2D eigenvalue weighted by Gasteiger charge is -2.00. The van der Waals surface area contributed by atoms with Crippen LogP contribution in [0.4, 0.5) is 0 Å². The minimum atomic E-state index is -0.346. The molecule has 90 valence electrons. The molecule has 6 nitrogen and oxygen atoms in total. The highest BCUT2D eigenvalue weighted by molar-refractivity contribution is 7.08. The highest BCUT2D eigenvalue weighted by atomic mass is 32.1. The average molecular weight is 252 g/mol. The normalized spacial score (nSPS) is 10.4. The van der Waals surface area contributed by atoms with Crippen molar-refractivity contribution in [1.29, 1.82) is 0 Å². The number of tetrazole rings is 1. The molecule has 2 rings (SSSR count). The van der Waals surface area contributed by atoms with Gasteiger partial charge in [0.1, 0.15) is 0 Å². The van der Waals surface area contributed by atoms with Crippen LogP contribution in [0.2, 0.25) is 0 Å². The van der Waals surface area contributed by atoms with E-state index in [-0.39, 0.29) is 12.5 Å². The van der Waals surface area contributed by atoms with Crippen LogP contribution in [0.15, 0.2) is 16.8 Å². The summed E-state index contributed by atoms with van der Waals surface area (Å²) in [5.74, 6) is 0.177. The first-order chi connectivity index (χ1) is 8.29. The Morgan fingerprint density at radius 1 is 1.59 bits per heavy atom. The van der Waals surface area contributed by atoms with Gasteiger partial charge in [-0.15, -0.1) is 10.2 Å². The molecule has 7 heteroatoms. The summed E-state index contributed by atoms with van der Waals surface area (Å²) in [4.78, 5) is 12.6. The number of hydrogen-bond acceptors (Lipinski definition) is 6. The van der Waals surface area contributed by atoms with Crippen LogP contribution >= 0.6 is 11.3 Å². The van der Waals surface area contributed by atoms with E-state index in [1.807, 2.05) is 23.8 Å². The van der Waals surface area contributed by atoms with E-state index in [4.69, 9.17) is 4.74 Å². The molecule has 17 heavy (non-hydrogen) atoms. The zero-order valence-electron chi connectivity index (χ0n) is 9.37. The van der Waals surface area contributed by atoms with Crippen molar-refractivity contribution in [1.82, 2.24) is 20.2 Å². The van der Waals surface area contributed by atoms with Gasteiger partial charge in [0.15, 0.2) is 6.54 Å². The smallest absolute Gasteiger partial charge is 0.329 e. The number of esters is 1. The van der Waals surface area contributed by atoms with E-state index in [0.717, 1.165) is 12.0 Å². The topological polar surface area (TPSA) is 69.9 Å². The lowest BCUT2D eigenvalue weighted by molar-refractivity contribution is -0.144. The van der Waals surface area contributed by atoms with Gasteiger partial charge >= 0.3 is 5.97 Å².